The lowest BCUT2D eigenvalue weighted by molar-refractivity contribution is 0.0714. The number of aryl methyl sites for hydroxylation is 1. The Balaban J connectivity index is 1.68. The van der Waals surface area contributed by atoms with Crippen LogP contribution in [0.4, 0.5) is 0 Å². The molecule has 1 amide bonds. The molecule has 0 N–H and O–H groups in total. The topological polar surface area (TPSA) is 72.6 Å². The molecule has 0 saturated carbocycles. The van der Waals surface area contributed by atoms with E-state index in [1.165, 1.54) is 0 Å². The SMILES string of the molecule is C=CCOc1ccc(C2c3c(oc4cc(C)c(Cl)cc4c3=O)C(=O)N2Cc2cccnc2)cc1. The van der Waals surface area contributed by atoms with Crippen LogP contribution < -0.4 is 10.2 Å². The Morgan fingerprint density at radius 1 is 1.21 bits per heavy atom. The predicted octanol–water partition coefficient (Wildman–Crippen LogP) is 5.46. The number of halogens is 1. The van der Waals surface area contributed by atoms with Crippen LogP contribution in [0.25, 0.3) is 11.0 Å². The smallest absolute Gasteiger partial charge is 0.291 e. The van der Waals surface area contributed by atoms with E-state index in [-0.39, 0.29) is 23.6 Å². The summed E-state index contributed by atoms with van der Waals surface area (Å²) in [7, 11) is 0. The fraction of sp³-hybridized carbons (Fsp3) is 0.148. The van der Waals surface area contributed by atoms with Crippen molar-refractivity contribution in [2.45, 2.75) is 19.5 Å². The minimum Gasteiger partial charge on any atom is -0.490 e. The minimum absolute atomic E-state index is 0.0556. The van der Waals surface area contributed by atoms with E-state index < -0.39 is 6.04 Å². The summed E-state index contributed by atoms with van der Waals surface area (Å²) in [4.78, 5) is 33.0. The summed E-state index contributed by atoms with van der Waals surface area (Å²) in [5.41, 5.74) is 2.76. The van der Waals surface area contributed by atoms with Crippen molar-refractivity contribution in [3.8, 4) is 5.75 Å². The number of hydrogen-bond acceptors (Lipinski definition) is 5. The number of ether oxygens (including phenoxy) is 1. The van der Waals surface area contributed by atoms with Crippen molar-refractivity contribution in [3.63, 3.8) is 0 Å². The van der Waals surface area contributed by atoms with Crippen LogP contribution in [-0.2, 0) is 6.54 Å². The van der Waals surface area contributed by atoms with E-state index in [1.807, 2.05) is 43.3 Å². The van der Waals surface area contributed by atoms with Gasteiger partial charge in [-0.15, -0.1) is 0 Å². The van der Waals surface area contributed by atoms with Crippen molar-refractivity contribution in [3.05, 3.63) is 117 Å². The molecule has 1 unspecified atom stereocenters. The first-order valence-corrected chi connectivity index (χ1v) is 11.2. The quantitative estimate of drug-likeness (QED) is 0.348. The number of hydrogen-bond donors (Lipinski definition) is 0. The summed E-state index contributed by atoms with van der Waals surface area (Å²) >= 11 is 6.30. The summed E-state index contributed by atoms with van der Waals surface area (Å²) in [5.74, 6) is 0.377. The highest BCUT2D eigenvalue weighted by Gasteiger charge is 2.42. The molecular weight excluding hydrogens is 452 g/mol. The molecule has 2 aromatic heterocycles. The number of nitrogens with zero attached hydrogens (tertiary/aromatic N) is 2. The maximum Gasteiger partial charge on any atom is 0.291 e. The van der Waals surface area contributed by atoms with E-state index in [1.54, 1.807) is 35.5 Å². The molecule has 2 aromatic carbocycles. The largest absolute Gasteiger partial charge is 0.490 e. The molecule has 0 bridgehead atoms. The monoisotopic (exact) mass is 472 g/mol. The first-order chi connectivity index (χ1) is 16.5. The number of pyridine rings is 1. The summed E-state index contributed by atoms with van der Waals surface area (Å²) in [6.45, 7) is 6.13. The number of carbonyl (C=O) groups is 1. The van der Waals surface area contributed by atoms with Gasteiger partial charge in [0.05, 0.1) is 17.0 Å². The average molecular weight is 473 g/mol. The van der Waals surface area contributed by atoms with Crippen LogP contribution >= 0.6 is 11.6 Å². The second kappa shape index (κ2) is 8.80. The van der Waals surface area contributed by atoms with E-state index in [4.69, 9.17) is 20.8 Å². The lowest BCUT2D eigenvalue weighted by Crippen LogP contribution is -2.29. The number of rotatable bonds is 6. The van der Waals surface area contributed by atoms with Crippen LogP contribution in [0.2, 0.25) is 5.02 Å². The zero-order valence-electron chi connectivity index (χ0n) is 18.5. The van der Waals surface area contributed by atoms with Gasteiger partial charge < -0.3 is 14.1 Å². The number of amides is 1. The van der Waals surface area contributed by atoms with Gasteiger partial charge in [0.2, 0.25) is 5.76 Å². The highest BCUT2D eigenvalue weighted by molar-refractivity contribution is 6.32. The van der Waals surface area contributed by atoms with Crippen LogP contribution in [-0.4, -0.2) is 22.4 Å². The minimum atomic E-state index is -0.628. The highest BCUT2D eigenvalue weighted by Crippen LogP contribution is 2.40. The van der Waals surface area contributed by atoms with Crippen molar-refractivity contribution < 1.29 is 13.9 Å². The van der Waals surface area contributed by atoms with Gasteiger partial charge in [0.15, 0.2) is 5.43 Å². The van der Waals surface area contributed by atoms with Gasteiger partial charge in [-0.3, -0.25) is 14.6 Å². The molecule has 3 heterocycles. The standard InChI is InChI=1S/C27H21ClN2O4/c1-3-11-33-19-8-6-18(7-9-19)24-23-25(31)20-13-21(28)16(2)12-22(20)34-26(23)27(32)30(24)15-17-5-4-10-29-14-17/h3-10,12-14,24H,1,11,15H2,2H3. The van der Waals surface area contributed by atoms with Crippen LogP contribution in [0.3, 0.4) is 0 Å². The molecule has 7 heteroatoms. The molecule has 0 fully saturated rings. The van der Waals surface area contributed by atoms with Crippen molar-refractivity contribution in [1.29, 1.82) is 0 Å². The van der Waals surface area contributed by atoms with Gasteiger partial charge in [-0.2, -0.15) is 0 Å². The molecule has 0 aliphatic carbocycles. The van der Waals surface area contributed by atoms with Crippen molar-refractivity contribution in [2.75, 3.05) is 6.61 Å². The summed E-state index contributed by atoms with van der Waals surface area (Å²) < 4.78 is 11.6. The molecule has 5 rings (SSSR count). The van der Waals surface area contributed by atoms with Crippen LogP contribution in [0, 0.1) is 6.92 Å². The number of benzene rings is 2. The van der Waals surface area contributed by atoms with Crippen molar-refractivity contribution in [1.82, 2.24) is 9.88 Å². The molecule has 6 nitrogen and oxygen atoms in total. The third-order valence-electron chi connectivity index (χ3n) is 5.89. The molecule has 1 aliphatic heterocycles. The van der Waals surface area contributed by atoms with Crippen molar-refractivity contribution >= 4 is 28.5 Å². The van der Waals surface area contributed by atoms with E-state index in [2.05, 4.69) is 11.6 Å². The number of carbonyl (C=O) groups excluding carboxylic acids is 1. The molecule has 1 aliphatic rings. The van der Waals surface area contributed by atoms with E-state index in [0.29, 0.717) is 33.9 Å². The molecule has 1 atom stereocenters. The molecule has 170 valence electrons. The third kappa shape index (κ3) is 3.76. The fourth-order valence-corrected chi connectivity index (χ4v) is 4.40. The van der Waals surface area contributed by atoms with Gasteiger partial charge >= 0.3 is 0 Å². The summed E-state index contributed by atoms with van der Waals surface area (Å²) in [6.07, 6.45) is 5.04. The molecule has 4 aromatic rings. The first-order valence-electron chi connectivity index (χ1n) is 10.8. The second-order valence-electron chi connectivity index (χ2n) is 8.14. The van der Waals surface area contributed by atoms with Crippen molar-refractivity contribution in [2.24, 2.45) is 0 Å². The highest BCUT2D eigenvalue weighted by atomic mass is 35.5. The van der Waals surface area contributed by atoms with Gasteiger partial charge in [-0.25, -0.2) is 0 Å². The van der Waals surface area contributed by atoms with E-state index in [0.717, 1.165) is 16.7 Å². The Bertz CT molecular complexity index is 1460. The molecule has 34 heavy (non-hydrogen) atoms. The Morgan fingerprint density at radius 2 is 2.00 bits per heavy atom. The summed E-state index contributed by atoms with van der Waals surface area (Å²) in [6, 6.07) is 13.7. The van der Waals surface area contributed by atoms with Gasteiger partial charge in [-0.05, 0) is 53.9 Å². The van der Waals surface area contributed by atoms with E-state index in [9.17, 15) is 9.59 Å². The Labute approximate surface area is 201 Å². The van der Waals surface area contributed by atoms with Gasteiger partial charge in [-0.1, -0.05) is 42.5 Å². The molecular formula is C27H21ClN2O4. The zero-order valence-corrected chi connectivity index (χ0v) is 19.2. The normalized spacial score (nSPS) is 14.9. The molecule has 0 spiro atoms. The Hall–Kier alpha value is -3.90. The maximum absolute atomic E-state index is 13.7. The first kappa shape index (κ1) is 21.9. The zero-order chi connectivity index (χ0) is 23.8. The fourth-order valence-electron chi connectivity index (χ4n) is 4.24. The van der Waals surface area contributed by atoms with Gasteiger partial charge in [0.25, 0.3) is 5.91 Å². The second-order valence-corrected chi connectivity index (χ2v) is 8.54. The average Bonchev–Trinajstić information content (AvgIpc) is 3.12. The lowest BCUT2D eigenvalue weighted by Gasteiger charge is -2.25. The maximum atomic E-state index is 13.7. The number of fused-ring (bicyclic) bond motifs is 2. The number of aromatic nitrogens is 1. The van der Waals surface area contributed by atoms with Crippen LogP contribution in [0.5, 0.6) is 5.75 Å². The predicted molar refractivity (Wildman–Crippen MR) is 130 cm³/mol. The van der Waals surface area contributed by atoms with Crippen LogP contribution in [0.15, 0.2) is 82.8 Å². The molecule has 0 radical (unpaired) electrons. The summed E-state index contributed by atoms with van der Waals surface area (Å²) in [5, 5.41) is 0.817. The van der Waals surface area contributed by atoms with Crippen LogP contribution in [0.1, 0.15) is 38.9 Å². The Morgan fingerprint density at radius 3 is 2.71 bits per heavy atom. The van der Waals surface area contributed by atoms with E-state index >= 15 is 0 Å². The van der Waals surface area contributed by atoms with Gasteiger partial charge in [0, 0.05) is 24.0 Å². The lowest BCUT2D eigenvalue weighted by atomic mass is 9.98. The molecule has 0 saturated heterocycles. The van der Waals surface area contributed by atoms with Gasteiger partial charge in [0.1, 0.15) is 17.9 Å². The third-order valence-corrected chi connectivity index (χ3v) is 6.29. The Kier molecular flexibility index (Phi) is 5.67.